The van der Waals surface area contributed by atoms with Gasteiger partial charge in [-0.15, -0.1) is 10.2 Å². The standard InChI is InChI=1S/C13H16N4OS2/c1-8-5-4-6-10(9(8)2)15-11(18)7-19-13-17-16-12(14-3)20-13/h4-6H,7H2,1-3H3,(H,14,16)(H,15,18). The van der Waals surface area contributed by atoms with Crippen LogP contribution in [-0.4, -0.2) is 28.9 Å². The number of rotatable bonds is 5. The van der Waals surface area contributed by atoms with Crippen LogP contribution in [0.5, 0.6) is 0 Å². The van der Waals surface area contributed by atoms with Crippen LogP contribution in [0.4, 0.5) is 10.8 Å². The maximum absolute atomic E-state index is 11.9. The van der Waals surface area contributed by atoms with Crippen molar-refractivity contribution < 1.29 is 4.79 Å². The van der Waals surface area contributed by atoms with Gasteiger partial charge in [-0.05, 0) is 31.0 Å². The predicted molar refractivity (Wildman–Crippen MR) is 84.7 cm³/mol. The molecule has 0 fully saturated rings. The lowest BCUT2D eigenvalue weighted by atomic mass is 10.1. The summed E-state index contributed by atoms with van der Waals surface area (Å²) >= 11 is 2.82. The molecule has 0 radical (unpaired) electrons. The lowest BCUT2D eigenvalue weighted by molar-refractivity contribution is -0.113. The molecule has 0 aliphatic rings. The molecule has 7 heteroatoms. The molecule has 0 unspecified atom stereocenters. The van der Waals surface area contributed by atoms with E-state index in [1.54, 1.807) is 7.05 Å². The summed E-state index contributed by atoms with van der Waals surface area (Å²) in [5.41, 5.74) is 3.13. The van der Waals surface area contributed by atoms with Crippen molar-refractivity contribution in [1.29, 1.82) is 0 Å². The van der Waals surface area contributed by atoms with Crippen molar-refractivity contribution in [3.8, 4) is 0 Å². The predicted octanol–water partition coefficient (Wildman–Crippen LogP) is 2.93. The van der Waals surface area contributed by atoms with E-state index in [0.717, 1.165) is 20.7 Å². The van der Waals surface area contributed by atoms with Crippen LogP contribution in [0, 0.1) is 13.8 Å². The fourth-order valence-corrected chi connectivity index (χ4v) is 3.07. The Balaban J connectivity index is 1.91. The molecule has 0 atom stereocenters. The molecule has 106 valence electrons. The molecule has 0 aliphatic heterocycles. The molecule has 2 N–H and O–H groups in total. The first kappa shape index (κ1) is 14.8. The number of aromatic nitrogens is 2. The molecule has 0 spiro atoms. The van der Waals surface area contributed by atoms with Gasteiger partial charge in [0.25, 0.3) is 0 Å². The number of hydrogen-bond donors (Lipinski definition) is 2. The van der Waals surface area contributed by atoms with Crippen LogP contribution in [0.25, 0.3) is 0 Å². The minimum Gasteiger partial charge on any atom is -0.363 e. The molecule has 0 aliphatic carbocycles. The third-order valence-corrected chi connectivity index (χ3v) is 4.90. The molecular weight excluding hydrogens is 292 g/mol. The van der Waals surface area contributed by atoms with Crippen LogP contribution < -0.4 is 10.6 Å². The molecule has 5 nitrogen and oxygen atoms in total. The largest absolute Gasteiger partial charge is 0.363 e. The van der Waals surface area contributed by atoms with E-state index < -0.39 is 0 Å². The quantitative estimate of drug-likeness (QED) is 0.831. The number of thioether (sulfide) groups is 1. The summed E-state index contributed by atoms with van der Waals surface area (Å²) in [7, 11) is 1.79. The molecule has 2 aromatic rings. The second-order valence-corrected chi connectivity index (χ2v) is 6.41. The Morgan fingerprint density at radius 2 is 2.15 bits per heavy atom. The first-order valence-electron chi connectivity index (χ1n) is 6.10. The number of amides is 1. The van der Waals surface area contributed by atoms with E-state index in [0.29, 0.717) is 5.75 Å². The highest BCUT2D eigenvalue weighted by Crippen LogP contribution is 2.25. The fraction of sp³-hybridized carbons (Fsp3) is 0.308. The summed E-state index contributed by atoms with van der Waals surface area (Å²) in [5, 5.41) is 14.5. The normalized spacial score (nSPS) is 10.3. The van der Waals surface area contributed by atoms with E-state index in [-0.39, 0.29) is 5.91 Å². The highest BCUT2D eigenvalue weighted by atomic mass is 32.2. The summed E-state index contributed by atoms with van der Waals surface area (Å²) in [6.45, 7) is 4.03. The van der Waals surface area contributed by atoms with E-state index in [1.807, 2.05) is 32.0 Å². The van der Waals surface area contributed by atoms with Crippen LogP contribution in [0.15, 0.2) is 22.5 Å². The Bertz CT molecular complexity index is 612. The summed E-state index contributed by atoms with van der Waals surface area (Å²) in [4.78, 5) is 11.9. The maximum Gasteiger partial charge on any atom is 0.234 e. The zero-order valence-corrected chi connectivity index (χ0v) is 13.2. The van der Waals surface area contributed by atoms with Crippen LogP contribution in [-0.2, 0) is 4.79 Å². The van der Waals surface area contributed by atoms with Crippen LogP contribution >= 0.6 is 23.1 Å². The number of anilines is 2. The molecule has 1 aromatic heterocycles. The molecule has 1 heterocycles. The Hall–Kier alpha value is -1.60. The van der Waals surface area contributed by atoms with Gasteiger partial charge >= 0.3 is 0 Å². The van der Waals surface area contributed by atoms with Crippen molar-refractivity contribution in [2.45, 2.75) is 18.2 Å². The third kappa shape index (κ3) is 3.71. The first-order chi connectivity index (χ1) is 9.60. The van der Waals surface area contributed by atoms with Crippen molar-refractivity contribution in [2.75, 3.05) is 23.4 Å². The second kappa shape index (κ2) is 6.71. The van der Waals surface area contributed by atoms with Gasteiger partial charge in [0.2, 0.25) is 11.0 Å². The van der Waals surface area contributed by atoms with Crippen LogP contribution in [0.1, 0.15) is 11.1 Å². The fourth-order valence-electron chi connectivity index (χ4n) is 1.57. The highest BCUT2D eigenvalue weighted by molar-refractivity contribution is 8.01. The van der Waals surface area contributed by atoms with Crippen molar-refractivity contribution in [1.82, 2.24) is 10.2 Å². The van der Waals surface area contributed by atoms with Crippen molar-refractivity contribution >= 4 is 39.8 Å². The van der Waals surface area contributed by atoms with Gasteiger partial charge < -0.3 is 10.6 Å². The van der Waals surface area contributed by atoms with Crippen molar-refractivity contribution in [2.24, 2.45) is 0 Å². The molecule has 1 aromatic carbocycles. The average molecular weight is 308 g/mol. The molecule has 20 heavy (non-hydrogen) atoms. The molecule has 0 saturated heterocycles. The average Bonchev–Trinajstić information content (AvgIpc) is 2.90. The summed E-state index contributed by atoms with van der Waals surface area (Å²) in [6.07, 6.45) is 0. The topological polar surface area (TPSA) is 66.9 Å². The van der Waals surface area contributed by atoms with Gasteiger partial charge in [-0.1, -0.05) is 35.2 Å². The molecule has 0 bridgehead atoms. The number of carbonyl (C=O) groups excluding carboxylic acids is 1. The van der Waals surface area contributed by atoms with Gasteiger partial charge in [-0.25, -0.2) is 0 Å². The SMILES string of the molecule is CNc1nnc(SCC(=O)Nc2cccc(C)c2C)s1. The molecule has 0 saturated carbocycles. The van der Waals surface area contributed by atoms with Crippen molar-refractivity contribution in [3.63, 3.8) is 0 Å². The zero-order valence-electron chi connectivity index (χ0n) is 11.6. The Kier molecular flexibility index (Phi) is 4.97. The maximum atomic E-state index is 11.9. The number of nitrogens with zero attached hydrogens (tertiary/aromatic N) is 2. The smallest absolute Gasteiger partial charge is 0.234 e. The summed E-state index contributed by atoms with van der Waals surface area (Å²) in [5.74, 6) is 0.288. The van der Waals surface area contributed by atoms with E-state index in [2.05, 4.69) is 20.8 Å². The van der Waals surface area contributed by atoms with E-state index in [4.69, 9.17) is 0 Å². The number of nitrogens with one attached hydrogen (secondary N) is 2. The first-order valence-corrected chi connectivity index (χ1v) is 7.90. The van der Waals surface area contributed by atoms with E-state index >= 15 is 0 Å². The van der Waals surface area contributed by atoms with Gasteiger partial charge in [0.05, 0.1) is 5.75 Å². The number of carbonyl (C=O) groups is 1. The minimum atomic E-state index is -0.0371. The number of benzene rings is 1. The van der Waals surface area contributed by atoms with Gasteiger partial charge in [-0.2, -0.15) is 0 Å². The Morgan fingerprint density at radius 3 is 2.85 bits per heavy atom. The van der Waals surface area contributed by atoms with Crippen LogP contribution in [0.3, 0.4) is 0 Å². The van der Waals surface area contributed by atoms with Gasteiger partial charge in [0, 0.05) is 12.7 Å². The van der Waals surface area contributed by atoms with Gasteiger partial charge in [0.1, 0.15) is 0 Å². The second-order valence-electron chi connectivity index (χ2n) is 4.21. The third-order valence-electron chi connectivity index (χ3n) is 2.83. The lowest BCUT2D eigenvalue weighted by Crippen LogP contribution is -2.15. The van der Waals surface area contributed by atoms with Crippen molar-refractivity contribution in [3.05, 3.63) is 29.3 Å². The summed E-state index contributed by atoms with van der Waals surface area (Å²) in [6, 6.07) is 5.88. The molecule has 2 rings (SSSR count). The Labute approximate surface area is 126 Å². The zero-order chi connectivity index (χ0) is 14.5. The number of aryl methyl sites for hydroxylation is 1. The lowest BCUT2D eigenvalue weighted by Gasteiger charge is -2.09. The molecular formula is C13H16N4OS2. The van der Waals surface area contributed by atoms with Gasteiger partial charge in [0.15, 0.2) is 4.34 Å². The van der Waals surface area contributed by atoms with E-state index in [9.17, 15) is 4.79 Å². The summed E-state index contributed by atoms with van der Waals surface area (Å²) < 4.78 is 0.783. The minimum absolute atomic E-state index is 0.0371. The molecule has 1 amide bonds. The Morgan fingerprint density at radius 1 is 1.35 bits per heavy atom. The van der Waals surface area contributed by atoms with E-state index in [1.165, 1.54) is 28.7 Å². The van der Waals surface area contributed by atoms with Crippen LogP contribution in [0.2, 0.25) is 0 Å². The monoisotopic (exact) mass is 308 g/mol. The number of hydrogen-bond acceptors (Lipinski definition) is 6. The van der Waals surface area contributed by atoms with Gasteiger partial charge in [-0.3, -0.25) is 4.79 Å². The highest BCUT2D eigenvalue weighted by Gasteiger charge is 2.09.